The van der Waals surface area contributed by atoms with Crippen molar-refractivity contribution >= 4 is 0 Å². The molecule has 27 heavy (non-hydrogen) atoms. The van der Waals surface area contributed by atoms with Crippen LogP contribution in [0.2, 0.25) is 0 Å². The van der Waals surface area contributed by atoms with Gasteiger partial charge in [0, 0.05) is 13.1 Å². The van der Waals surface area contributed by atoms with Crippen molar-refractivity contribution in [1.82, 2.24) is 9.80 Å². The summed E-state index contributed by atoms with van der Waals surface area (Å²) in [6.07, 6.45) is 4.99. The normalized spacial score (nSPS) is 20.8. The van der Waals surface area contributed by atoms with Crippen molar-refractivity contribution in [2.45, 2.75) is 38.8 Å². The van der Waals surface area contributed by atoms with Gasteiger partial charge in [0.1, 0.15) is 11.6 Å². The molecule has 0 N–H and O–H groups in total. The van der Waals surface area contributed by atoms with Crippen LogP contribution in [0.15, 0.2) is 48.5 Å². The number of halogens is 2. The monoisotopic (exact) mass is 370 g/mol. The molecule has 0 aliphatic carbocycles. The number of hydrogen-bond acceptors (Lipinski definition) is 2. The number of likely N-dealkylation sites (tertiary alicyclic amines) is 2. The average molecular weight is 370 g/mol. The minimum absolute atomic E-state index is 0.144. The van der Waals surface area contributed by atoms with E-state index in [9.17, 15) is 8.78 Å². The molecule has 0 saturated carbocycles. The molecule has 2 aromatic rings. The third-order valence-corrected chi connectivity index (χ3v) is 6.45. The summed E-state index contributed by atoms with van der Waals surface area (Å²) in [4.78, 5) is 4.96. The summed E-state index contributed by atoms with van der Waals surface area (Å²) in [6, 6.07) is 13.9. The van der Waals surface area contributed by atoms with E-state index in [4.69, 9.17) is 0 Å². The smallest absolute Gasteiger partial charge is 0.123 e. The minimum atomic E-state index is -0.165. The molecular weight excluding hydrogens is 342 g/mol. The maximum atomic E-state index is 13.4. The van der Waals surface area contributed by atoms with Crippen LogP contribution in [0.25, 0.3) is 0 Å². The van der Waals surface area contributed by atoms with Gasteiger partial charge in [0.2, 0.25) is 0 Å². The zero-order valence-corrected chi connectivity index (χ0v) is 15.8. The largest absolute Gasteiger partial charge is 0.299 e. The van der Waals surface area contributed by atoms with Gasteiger partial charge in [-0.2, -0.15) is 0 Å². The second-order valence-corrected chi connectivity index (χ2v) is 8.31. The van der Waals surface area contributed by atoms with E-state index in [1.807, 2.05) is 18.2 Å². The van der Waals surface area contributed by atoms with E-state index < -0.39 is 0 Å². The highest BCUT2D eigenvalue weighted by Crippen LogP contribution is 2.41. The molecule has 0 unspecified atom stereocenters. The summed E-state index contributed by atoms with van der Waals surface area (Å²) in [6.45, 7) is 6.23. The number of hydrogen-bond donors (Lipinski definition) is 0. The highest BCUT2D eigenvalue weighted by Gasteiger charge is 2.37. The van der Waals surface area contributed by atoms with E-state index in [-0.39, 0.29) is 11.6 Å². The van der Waals surface area contributed by atoms with Crippen LogP contribution in [0.3, 0.4) is 0 Å². The van der Waals surface area contributed by atoms with E-state index in [2.05, 4.69) is 9.80 Å². The molecule has 0 radical (unpaired) electrons. The number of rotatable bonds is 4. The van der Waals surface area contributed by atoms with Crippen LogP contribution >= 0.6 is 0 Å². The van der Waals surface area contributed by atoms with Gasteiger partial charge in [0.25, 0.3) is 0 Å². The first-order valence-corrected chi connectivity index (χ1v) is 10.0. The maximum Gasteiger partial charge on any atom is 0.123 e. The molecule has 2 fully saturated rings. The topological polar surface area (TPSA) is 6.48 Å². The molecule has 1 spiro atoms. The lowest BCUT2D eigenvalue weighted by atomic mass is 9.71. The number of nitrogens with zero attached hydrogens (tertiary/aromatic N) is 2. The van der Waals surface area contributed by atoms with E-state index >= 15 is 0 Å². The highest BCUT2D eigenvalue weighted by molar-refractivity contribution is 5.17. The second kappa shape index (κ2) is 8.07. The molecule has 0 aromatic heterocycles. The summed E-state index contributed by atoms with van der Waals surface area (Å²) < 4.78 is 26.4. The van der Waals surface area contributed by atoms with E-state index in [0.717, 1.165) is 44.8 Å². The van der Waals surface area contributed by atoms with E-state index in [1.165, 1.54) is 37.3 Å². The molecule has 2 aliphatic heterocycles. The van der Waals surface area contributed by atoms with Gasteiger partial charge in [0.15, 0.2) is 0 Å². The van der Waals surface area contributed by atoms with E-state index in [1.54, 1.807) is 24.3 Å². The van der Waals surface area contributed by atoms with Crippen molar-refractivity contribution < 1.29 is 8.78 Å². The molecule has 4 rings (SSSR count). The van der Waals surface area contributed by atoms with Gasteiger partial charge < -0.3 is 0 Å². The molecule has 2 aliphatic rings. The van der Waals surface area contributed by atoms with Gasteiger partial charge in [-0.3, -0.25) is 9.80 Å². The predicted molar refractivity (Wildman–Crippen MR) is 104 cm³/mol. The quantitative estimate of drug-likeness (QED) is 0.760. The third kappa shape index (κ3) is 4.74. The Balaban J connectivity index is 1.25. The summed E-state index contributed by atoms with van der Waals surface area (Å²) in [7, 11) is 0. The lowest BCUT2D eigenvalue weighted by molar-refractivity contribution is 0.0299. The van der Waals surface area contributed by atoms with Crippen LogP contribution < -0.4 is 0 Å². The van der Waals surface area contributed by atoms with Gasteiger partial charge in [0.05, 0.1) is 0 Å². The lowest BCUT2D eigenvalue weighted by Gasteiger charge is -2.47. The molecule has 2 heterocycles. The first-order valence-electron chi connectivity index (χ1n) is 10.0. The molecule has 0 bridgehead atoms. The van der Waals surface area contributed by atoms with Crippen LogP contribution in [0.1, 0.15) is 36.8 Å². The van der Waals surface area contributed by atoms with E-state index in [0.29, 0.717) is 5.41 Å². The molecule has 144 valence electrons. The first-order chi connectivity index (χ1) is 13.1. The van der Waals surface area contributed by atoms with Gasteiger partial charge in [-0.05, 0) is 92.7 Å². The summed E-state index contributed by atoms with van der Waals surface area (Å²) >= 11 is 0. The number of piperidine rings is 2. The zero-order valence-electron chi connectivity index (χ0n) is 15.8. The Bertz CT molecular complexity index is 741. The second-order valence-electron chi connectivity index (χ2n) is 8.31. The molecule has 2 saturated heterocycles. The Labute approximate surface area is 160 Å². The third-order valence-electron chi connectivity index (χ3n) is 6.45. The van der Waals surface area contributed by atoms with Crippen molar-refractivity contribution in [3.05, 3.63) is 71.3 Å². The Morgan fingerprint density at radius 2 is 1.22 bits per heavy atom. The minimum Gasteiger partial charge on any atom is -0.299 e. The van der Waals surface area contributed by atoms with Crippen LogP contribution in [-0.4, -0.2) is 36.0 Å². The Morgan fingerprint density at radius 3 is 1.78 bits per heavy atom. The first kappa shape index (κ1) is 18.6. The molecule has 4 heteroatoms. The van der Waals surface area contributed by atoms with Crippen LogP contribution in [-0.2, 0) is 13.1 Å². The van der Waals surface area contributed by atoms with Crippen LogP contribution in [0, 0.1) is 17.0 Å². The van der Waals surface area contributed by atoms with Gasteiger partial charge in [-0.15, -0.1) is 0 Å². The average Bonchev–Trinajstić information content (AvgIpc) is 2.68. The van der Waals surface area contributed by atoms with Gasteiger partial charge in [-0.25, -0.2) is 8.78 Å². The molecular formula is C23H28F2N2. The fraction of sp³-hybridized carbons (Fsp3) is 0.478. The van der Waals surface area contributed by atoms with Gasteiger partial charge >= 0.3 is 0 Å². The zero-order chi connectivity index (χ0) is 18.7. The standard InChI is InChI=1S/C23H28F2N2/c24-21-6-4-19(5-7-21)17-26-12-8-23(9-13-26)10-14-27(15-11-23)18-20-2-1-3-22(25)16-20/h1-7,16H,8-15,17-18H2. The van der Waals surface area contributed by atoms with Crippen molar-refractivity contribution in [2.75, 3.05) is 26.2 Å². The van der Waals surface area contributed by atoms with Crippen LogP contribution in [0.5, 0.6) is 0 Å². The van der Waals surface area contributed by atoms with Gasteiger partial charge in [-0.1, -0.05) is 24.3 Å². The summed E-state index contributed by atoms with van der Waals surface area (Å²) in [5.41, 5.74) is 2.75. The maximum absolute atomic E-state index is 13.4. The SMILES string of the molecule is Fc1ccc(CN2CCC3(CC2)CCN(Cc2cccc(F)c2)CC3)cc1. The Kier molecular flexibility index (Phi) is 5.55. The predicted octanol–water partition coefficient (Wildman–Crippen LogP) is 4.84. The summed E-state index contributed by atoms with van der Waals surface area (Å²) in [5, 5.41) is 0. The molecule has 0 atom stereocenters. The highest BCUT2D eigenvalue weighted by atomic mass is 19.1. The van der Waals surface area contributed by atoms with Crippen molar-refractivity contribution in [1.29, 1.82) is 0 Å². The van der Waals surface area contributed by atoms with Crippen molar-refractivity contribution in [3.63, 3.8) is 0 Å². The molecule has 2 nitrogen and oxygen atoms in total. The lowest BCUT2D eigenvalue weighted by Crippen LogP contribution is -2.46. The number of benzene rings is 2. The van der Waals surface area contributed by atoms with Crippen molar-refractivity contribution in [3.8, 4) is 0 Å². The van der Waals surface area contributed by atoms with Crippen molar-refractivity contribution in [2.24, 2.45) is 5.41 Å². The fourth-order valence-electron chi connectivity index (χ4n) is 4.61. The van der Waals surface area contributed by atoms with Crippen LogP contribution in [0.4, 0.5) is 8.78 Å². The molecule has 0 amide bonds. The molecule has 2 aromatic carbocycles. The Hall–Kier alpha value is -1.78. The fourth-order valence-corrected chi connectivity index (χ4v) is 4.61. The Morgan fingerprint density at radius 1 is 0.667 bits per heavy atom. The summed E-state index contributed by atoms with van der Waals surface area (Å²) in [5.74, 6) is -0.309.